The van der Waals surface area contributed by atoms with E-state index < -0.39 is 12.3 Å². The number of hydrogen-bond acceptors (Lipinski definition) is 8. The zero-order chi connectivity index (χ0) is 21.0. The topological polar surface area (TPSA) is 92.5 Å². The Labute approximate surface area is 174 Å². The predicted molar refractivity (Wildman–Crippen MR) is 113 cm³/mol. The first-order valence-corrected chi connectivity index (χ1v) is 10.5. The Balaban J connectivity index is 1.78. The molecule has 2 unspecified atom stereocenters. The molecule has 7 nitrogen and oxygen atoms in total. The van der Waals surface area contributed by atoms with Crippen LogP contribution in [0.2, 0.25) is 0 Å². The van der Waals surface area contributed by atoms with Crippen LogP contribution < -0.4 is 15.0 Å². The maximum absolute atomic E-state index is 9.43. The van der Waals surface area contributed by atoms with E-state index >= 15 is 0 Å². The third-order valence-electron chi connectivity index (χ3n) is 4.63. The molecule has 0 fully saturated rings. The number of methoxy groups -OCH3 is 1. The van der Waals surface area contributed by atoms with Crippen LogP contribution in [0.5, 0.6) is 11.5 Å². The number of amidine groups is 1. The number of aliphatic hydroxyl groups is 2. The van der Waals surface area contributed by atoms with Gasteiger partial charge in [0.15, 0.2) is 5.84 Å². The minimum absolute atomic E-state index is 0.000250. The van der Waals surface area contributed by atoms with Crippen molar-refractivity contribution in [2.75, 3.05) is 20.3 Å². The number of aliphatic hydroxyl groups excluding tert-OH is 2. The van der Waals surface area contributed by atoms with Gasteiger partial charge in [-0.25, -0.2) is 15.3 Å². The van der Waals surface area contributed by atoms with Gasteiger partial charge in [-0.05, 0) is 47.9 Å². The molecule has 0 saturated heterocycles. The van der Waals surface area contributed by atoms with E-state index in [0.29, 0.717) is 23.3 Å². The van der Waals surface area contributed by atoms with Gasteiger partial charge in [0.1, 0.15) is 24.2 Å². The van der Waals surface area contributed by atoms with Crippen molar-refractivity contribution in [3.8, 4) is 11.5 Å². The molecule has 2 atom stereocenters. The molecule has 0 spiro atoms. The minimum Gasteiger partial charge on any atom is -0.496 e. The van der Waals surface area contributed by atoms with Gasteiger partial charge in [-0.2, -0.15) is 0 Å². The van der Waals surface area contributed by atoms with Gasteiger partial charge in [0.25, 0.3) is 0 Å². The Hall–Kier alpha value is -2.13. The molecule has 2 aromatic rings. The van der Waals surface area contributed by atoms with Gasteiger partial charge in [0.05, 0.1) is 24.2 Å². The number of hydroxylamine groups is 1. The van der Waals surface area contributed by atoms with Crippen LogP contribution in [0.4, 0.5) is 0 Å². The van der Waals surface area contributed by atoms with Gasteiger partial charge < -0.3 is 19.7 Å². The summed E-state index contributed by atoms with van der Waals surface area (Å²) in [6.45, 7) is 6.19. The summed E-state index contributed by atoms with van der Waals surface area (Å²) in [5.41, 5.74) is 6.25. The number of benzene rings is 1. The average molecular weight is 421 g/mol. The molecular weight excluding hydrogens is 392 g/mol. The maximum Gasteiger partial charge on any atom is 0.212 e. The summed E-state index contributed by atoms with van der Waals surface area (Å²) in [6, 6.07) is 5.30. The summed E-state index contributed by atoms with van der Waals surface area (Å²) in [5.74, 6) is 2.29. The summed E-state index contributed by atoms with van der Waals surface area (Å²) < 4.78 is 11.0. The molecule has 0 bridgehead atoms. The fourth-order valence-electron chi connectivity index (χ4n) is 3.07. The summed E-state index contributed by atoms with van der Waals surface area (Å²) in [5, 5.41) is 20.5. The maximum atomic E-state index is 9.43. The zero-order valence-corrected chi connectivity index (χ0v) is 18.0. The van der Waals surface area contributed by atoms with E-state index in [4.69, 9.17) is 24.4 Å². The van der Waals surface area contributed by atoms with Gasteiger partial charge in [0, 0.05) is 6.07 Å². The highest BCUT2D eigenvalue weighted by atomic mass is 32.1. The fraction of sp³-hybridized carbons (Fsp3) is 0.476. The third-order valence-corrected chi connectivity index (χ3v) is 5.79. The summed E-state index contributed by atoms with van der Waals surface area (Å²) in [4.78, 5) is 11.5. The summed E-state index contributed by atoms with van der Waals surface area (Å²) >= 11 is 1.67. The van der Waals surface area contributed by atoms with Crippen molar-refractivity contribution in [3.63, 3.8) is 0 Å². The smallest absolute Gasteiger partial charge is 0.212 e. The quantitative estimate of drug-likeness (QED) is 0.578. The Morgan fingerprint density at radius 2 is 2.14 bits per heavy atom. The molecule has 29 heavy (non-hydrogen) atoms. The van der Waals surface area contributed by atoms with E-state index in [-0.39, 0.29) is 13.2 Å². The molecule has 1 aliphatic heterocycles. The Morgan fingerprint density at radius 1 is 1.34 bits per heavy atom. The lowest BCUT2D eigenvalue weighted by atomic mass is 10.0. The van der Waals surface area contributed by atoms with Crippen molar-refractivity contribution in [1.29, 1.82) is 0 Å². The van der Waals surface area contributed by atoms with Crippen LogP contribution in [0.1, 0.15) is 41.6 Å². The van der Waals surface area contributed by atoms with E-state index in [2.05, 4.69) is 31.6 Å². The standard InChI is InChI=1S/C21H28N2O5S/c1-12(2)7-14-11-29-19(13(14)3)21-22-20(23-28-21)17-6-5-16(8-18(17)26-4)27-10-15(25)9-24/h5-6,8,11-12,15,21,24-25H,7,9-10H2,1-4H3,(H,22,23). The van der Waals surface area contributed by atoms with Gasteiger partial charge in [-0.3, -0.25) is 0 Å². The van der Waals surface area contributed by atoms with E-state index in [1.807, 2.05) is 6.07 Å². The first kappa shape index (κ1) is 21.6. The number of ether oxygens (including phenoxy) is 2. The monoisotopic (exact) mass is 420 g/mol. The van der Waals surface area contributed by atoms with Crippen molar-refractivity contribution < 1.29 is 24.5 Å². The molecule has 8 heteroatoms. The van der Waals surface area contributed by atoms with Crippen LogP contribution in [0.3, 0.4) is 0 Å². The number of aliphatic imine (C=N–C) groups is 1. The third kappa shape index (κ3) is 5.08. The first-order valence-electron chi connectivity index (χ1n) is 9.59. The van der Waals surface area contributed by atoms with Crippen molar-refractivity contribution in [2.45, 2.75) is 39.5 Å². The molecule has 1 aromatic heterocycles. The molecular formula is C21H28N2O5S. The van der Waals surface area contributed by atoms with Crippen LogP contribution in [-0.2, 0) is 11.3 Å². The number of thiophene rings is 1. The Bertz CT molecular complexity index is 865. The van der Waals surface area contributed by atoms with Gasteiger partial charge in [-0.1, -0.05) is 13.8 Å². The predicted octanol–water partition coefficient (Wildman–Crippen LogP) is 2.98. The van der Waals surface area contributed by atoms with Crippen molar-refractivity contribution in [3.05, 3.63) is 45.1 Å². The van der Waals surface area contributed by atoms with Crippen LogP contribution >= 0.6 is 11.3 Å². The van der Waals surface area contributed by atoms with Crippen LogP contribution in [-0.4, -0.2) is 42.5 Å². The lowest BCUT2D eigenvalue weighted by Gasteiger charge is -2.13. The SMILES string of the molecule is COc1cc(OCC(O)CO)ccc1C1=NC(c2scc(CC(C)C)c2C)ON1. The lowest BCUT2D eigenvalue weighted by molar-refractivity contribution is 0.0395. The molecule has 158 valence electrons. The highest BCUT2D eigenvalue weighted by molar-refractivity contribution is 7.10. The van der Waals surface area contributed by atoms with Crippen molar-refractivity contribution in [1.82, 2.24) is 5.48 Å². The Morgan fingerprint density at radius 3 is 2.83 bits per heavy atom. The fourth-order valence-corrected chi connectivity index (χ4v) is 4.14. The first-order chi connectivity index (χ1) is 13.9. The average Bonchev–Trinajstić information content (AvgIpc) is 3.32. The van der Waals surface area contributed by atoms with Gasteiger partial charge >= 0.3 is 0 Å². The summed E-state index contributed by atoms with van der Waals surface area (Å²) in [6.07, 6.45) is -0.277. The highest BCUT2D eigenvalue weighted by Gasteiger charge is 2.26. The second-order valence-electron chi connectivity index (χ2n) is 7.41. The zero-order valence-electron chi connectivity index (χ0n) is 17.1. The number of nitrogens with one attached hydrogen (secondary N) is 1. The van der Waals surface area contributed by atoms with E-state index in [1.165, 1.54) is 11.1 Å². The van der Waals surface area contributed by atoms with Crippen LogP contribution in [0.15, 0.2) is 28.6 Å². The van der Waals surface area contributed by atoms with E-state index in [0.717, 1.165) is 16.9 Å². The molecule has 0 amide bonds. The molecule has 0 radical (unpaired) electrons. The molecule has 2 heterocycles. The van der Waals surface area contributed by atoms with Crippen molar-refractivity contribution >= 4 is 17.2 Å². The molecule has 0 aliphatic carbocycles. The number of rotatable bonds is 9. The van der Waals surface area contributed by atoms with Crippen LogP contribution in [0.25, 0.3) is 0 Å². The normalized spacial score (nSPS) is 17.2. The molecule has 0 saturated carbocycles. The molecule has 1 aliphatic rings. The number of hydrogen-bond donors (Lipinski definition) is 3. The van der Waals surface area contributed by atoms with E-state index in [9.17, 15) is 5.11 Å². The summed E-state index contributed by atoms with van der Waals surface area (Å²) in [7, 11) is 1.57. The second kappa shape index (κ2) is 9.58. The van der Waals surface area contributed by atoms with Gasteiger partial charge in [-0.15, -0.1) is 11.3 Å². The second-order valence-corrected chi connectivity index (χ2v) is 8.32. The number of nitrogens with zero attached hydrogens (tertiary/aromatic N) is 1. The molecule has 3 N–H and O–H groups in total. The van der Waals surface area contributed by atoms with Crippen LogP contribution in [0, 0.1) is 12.8 Å². The largest absolute Gasteiger partial charge is 0.496 e. The van der Waals surface area contributed by atoms with E-state index in [1.54, 1.807) is 30.6 Å². The highest BCUT2D eigenvalue weighted by Crippen LogP contribution is 2.35. The lowest BCUT2D eigenvalue weighted by Crippen LogP contribution is -2.21. The minimum atomic E-state index is -0.926. The van der Waals surface area contributed by atoms with Gasteiger partial charge in [0.2, 0.25) is 6.23 Å². The Kier molecular flexibility index (Phi) is 7.13. The molecule has 3 rings (SSSR count). The molecule has 1 aromatic carbocycles. The van der Waals surface area contributed by atoms with Crippen molar-refractivity contribution in [2.24, 2.45) is 10.9 Å².